The number of amides is 2. The molecule has 192 valence electrons. The van der Waals surface area contributed by atoms with Crippen LogP contribution in [0.4, 0.5) is 5.69 Å². The lowest BCUT2D eigenvalue weighted by atomic mass is 10.1. The predicted octanol–water partition coefficient (Wildman–Crippen LogP) is 5.05. The molecule has 11 heteroatoms. The number of aryl methyl sites for hydroxylation is 1. The monoisotopic (exact) mass is 561 g/mol. The molecule has 0 radical (unpaired) electrons. The van der Waals surface area contributed by atoms with E-state index in [1.54, 1.807) is 44.2 Å². The Labute approximate surface area is 222 Å². The van der Waals surface area contributed by atoms with Crippen LogP contribution in [0.25, 0.3) is 0 Å². The van der Waals surface area contributed by atoms with Crippen molar-refractivity contribution in [1.82, 2.24) is 10.2 Å². The van der Waals surface area contributed by atoms with Gasteiger partial charge in [-0.3, -0.25) is 13.9 Å². The zero-order valence-corrected chi connectivity index (χ0v) is 23.6. The van der Waals surface area contributed by atoms with E-state index in [-0.39, 0.29) is 18.1 Å². The van der Waals surface area contributed by atoms with E-state index in [1.165, 1.54) is 11.0 Å². The summed E-state index contributed by atoms with van der Waals surface area (Å²) in [5.74, 6) is -0.954. The number of carbonyl (C=O) groups is 2. The second kappa shape index (κ2) is 11.4. The van der Waals surface area contributed by atoms with Gasteiger partial charge in [-0.05, 0) is 70.0 Å². The summed E-state index contributed by atoms with van der Waals surface area (Å²) in [6.45, 7) is 8.35. The second-order valence-electron chi connectivity index (χ2n) is 9.39. The van der Waals surface area contributed by atoms with E-state index < -0.39 is 34.1 Å². The minimum absolute atomic E-state index is 0.0146. The zero-order valence-electron chi connectivity index (χ0n) is 20.5. The number of anilines is 1. The first-order chi connectivity index (χ1) is 16.0. The molecule has 0 fully saturated rings. The molecule has 7 nitrogen and oxygen atoms in total. The van der Waals surface area contributed by atoms with Crippen molar-refractivity contribution < 1.29 is 18.0 Å². The lowest BCUT2D eigenvalue weighted by Gasteiger charge is -2.33. The summed E-state index contributed by atoms with van der Waals surface area (Å²) in [6.07, 6.45) is 1.01. The van der Waals surface area contributed by atoms with Crippen LogP contribution < -0.4 is 9.62 Å². The van der Waals surface area contributed by atoms with Crippen LogP contribution in [0.2, 0.25) is 15.1 Å². The van der Waals surface area contributed by atoms with Gasteiger partial charge in [0.15, 0.2) is 0 Å². The van der Waals surface area contributed by atoms with Gasteiger partial charge in [0.05, 0.1) is 22.0 Å². The maximum absolute atomic E-state index is 13.5. The maximum atomic E-state index is 13.5. The summed E-state index contributed by atoms with van der Waals surface area (Å²) in [5, 5.41) is 3.88. The van der Waals surface area contributed by atoms with Gasteiger partial charge in [0, 0.05) is 17.1 Å². The number of carbonyl (C=O) groups excluding carboxylic acids is 2. The Kier molecular flexibility index (Phi) is 9.50. The molecule has 0 aliphatic heterocycles. The summed E-state index contributed by atoms with van der Waals surface area (Å²) >= 11 is 18.4. The first kappa shape index (κ1) is 29.2. The summed E-state index contributed by atoms with van der Waals surface area (Å²) in [5.41, 5.74) is 1.12. The molecule has 0 saturated heterocycles. The molecule has 1 atom stereocenters. The Balaban J connectivity index is 2.45. The molecule has 0 saturated carbocycles. The van der Waals surface area contributed by atoms with Crippen LogP contribution in [0.5, 0.6) is 0 Å². The molecule has 0 heterocycles. The average Bonchev–Trinajstić information content (AvgIpc) is 2.72. The highest BCUT2D eigenvalue weighted by molar-refractivity contribution is 7.92. The number of rotatable bonds is 8. The molecule has 0 aliphatic rings. The summed E-state index contributed by atoms with van der Waals surface area (Å²) in [7, 11) is -3.85. The average molecular weight is 563 g/mol. The Morgan fingerprint density at radius 3 is 2.14 bits per heavy atom. The number of nitrogens with zero attached hydrogens (tertiary/aromatic N) is 2. The summed E-state index contributed by atoms with van der Waals surface area (Å²) < 4.78 is 26.2. The molecule has 35 heavy (non-hydrogen) atoms. The molecule has 2 aromatic rings. The Hall–Kier alpha value is -2.00. The van der Waals surface area contributed by atoms with Crippen LogP contribution in [0.1, 0.15) is 38.8 Å². The summed E-state index contributed by atoms with van der Waals surface area (Å²) in [6, 6.07) is 8.73. The summed E-state index contributed by atoms with van der Waals surface area (Å²) in [4.78, 5) is 27.8. The largest absolute Gasteiger partial charge is 0.350 e. The van der Waals surface area contributed by atoms with Crippen LogP contribution in [-0.4, -0.2) is 49.5 Å². The highest BCUT2D eigenvalue weighted by Gasteiger charge is 2.31. The predicted molar refractivity (Wildman–Crippen MR) is 143 cm³/mol. The topological polar surface area (TPSA) is 86.8 Å². The van der Waals surface area contributed by atoms with Gasteiger partial charge in [-0.2, -0.15) is 0 Å². The van der Waals surface area contributed by atoms with E-state index in [0.717, 1.165) is 16.1 Å². The Bertz CT molecular complexity index is 1210. The minimum Gasteiger partial charge on any atom is -0.350 e. The van der Waals surface area contributed by atoms with E-state index >= 15 is 0 Å². The van der Waals surface area contributed by atoms with Crippen LogP contribution in [0.15, 0.2) is 36.4 Å². The lowest BCUT2D eigenvalue weighted by molar-refractivity contribution is -0.140. The first-order valence-electron chi connectivity index (χ1n) is 10.8. The Morgan fingerprint density at radius 1 is 1.00 bits per heavy atom. The number of benzene rings is 2. The number of hydrogen-bond donors (Lipinski definition) is 1. The van der Waals surface area contributed by atoms with Gasteiger partial charge in [-0.15, -0.1) is 0 Å². The van der Waals surface area contributed by atoms with Crippen molar-refractivity contribution in [2.45, 2.75) is 52.7 Å². The van der Waals surface area contributed by atoms with Crippen molar-refractivity contribution in [3.8, 4) is 0 Å². The molecule has 2 aromatic carbocycles. The van der Waals surface area contributed by atoms with Crippen molar-refractivity contribution in [2.24, 2.45) is 0 Å². The van der Waals surface area contributed by atoms with Gasteiger partial charge in [0.25, 0.3) is 0 Å². The van der Waals surface area contributed by atoms with E-state index in [4.69, 9.17) is 34.8 Å². The zero-order chi connectivity index (χ0) is 26.7. The van der Waals surface area contributed by atoms with Crippen molar-refractivity contribution >= 4 is 62.3 Å². The van der Waals surface area contributed by atoms with Gasteiger partial charge in [0.2, 0.25) is 21.8 Å². The molecular formula is C24H30Cl3N3O4S. The highest BCUT2D eigenvalue weighted by atomic mass is 35.5. The number of halogens is 3. The fourth-order valence-electron chi connectivity index (χ4n) is 3.24. The molecule has 2 amide bonds. The van der Waals surface area contributed by atoms with Gasteiger partial charge in [-0.1, -0.05) is 46.9 Å². The van der Waals surface area contributed by atoms with Crippen LogP contribution in [-0.2, 0) is 26.2 Å². The van der Waals surface area contributed by atoms with Crippen LogP contribution in [0.3, 0.4) is 0 Å². The molecule has 0 aromatic heterocycles. The number of hydrogen-bond acceptors (Lipinski definition) is 4. The van der Waals surface area contributed by atoms with Crippen molar-refractivity contribution in [1.29, 1.82) is 0 Å². The molecule has 1 unspecified atom stereocenters. The Morgan fingerprint density at radius 2 is 1.63 bits per heavy atom. The van der Waals surface area contributed by atoms with Gasteiger partial charge in [-0.25, -0.2) is 8.42 Å². The van der Waals surface area contributed by atoms with Crippen LogP contribution in [0, 0.1) is 6.92 Å². The maximum Gasteiger partial charge on any atom is 0.244 e. The van der Waals surface area contributed by atoms with Gasteiger partial charge < -0.3 is 10.2 Å². The highest BCUT2D eigenvalue weighted by Crippen LogP contribution is 2.26. The number of nitrogens with one attached hydrogen (secondary N) is 1. The molecule has 2 rings (SSSR count). The SMILES string of the molecule is Cc1ccc(N(CC(=O)N(Cc2ccc(Cl)c(Cl)c2)C(C)C(=O)NC(C)(C)C)S(C)(=O)=O)cc1Cl. The third-order valence-electron chi connectivity index (χ3n) is 5.13. The van der Waals surface area contributed by atoms with Crippen molar-refractivity contribution in [3.05, 3.63) is 62.6 Å². The van der Waals surface area contributed by atoms with E-state index in [9.17, 15) is 18.0 Å². The molecule has 0 spiro atoms. The fraction of sp³-hybridized carbons (Fsp3) is 0.417. The molecular weight excluding hydrogens is 533 g/mol. The number of sulfonamides is 1. The quantitative estimate of drug-likeness (QED) is 0.488. The fourth-order valence-corrected chi connectivity index (χ4v) is 4.58. The first-order valence-corrected chi connectivity index (χ1v) is 13.8. The van der Waals surface area contributed by atoms with E-state index in [1.807, 2.05) is 20.8 Å². The molecule has 0 bridgehead atoms. The standard InChI is InChI=1S/C24H30Cl3N3O4S/c1-15-7-9-18(12-20(15)26)30(35(6,33)34)14-22(31)29(16(2)23(32)28-24(3,4)5)13-17-8-10-19(25)21(27)11-17/h7-12,16H,13-14H2,1-6H3,(H,28,32). The smallest absolute Gasteiger partial charge is 0.244 e. The molecule has 0 aliphatic carbocycles. The van der Waals surface area contributed by atoms with E-state index in [2.05, 4.69) is 5.32 Å². The van der Waals surface area contributed by atoms with Gasteiger partial charge in [0.1, 0.15) is 12.6 Å². The van der Waals surface area contributed by atoms with Crippen molar-refractivity contribution in [2.75, 3.05) is 17.1 Å². The van der Waals surface area contributed by atoms with Crippen molar-refractivity contribution in [3.63, 3.8) is 0 Å². The van der Waals surface area contributed by atoms with Crippen LogP contribution >= 0.6 is 34.8 Å². The third kappa shape index (κ3) is 8.27. The minimum atomic E-state index is -3.85. The van der Waals surface area contributed by atoms with Gasteiger partial charge >= 0.3 is 0 Å². The lowest BCUT2D eigenvalue weighted by Crippen LogP contribution is -2.54. The normalized spacial score (nSPS) is 12.7. The third-order valence-corrected chi connectivity index (χ3v) is 7.41. The molecule has 1 N–H and O–H groups in total. The second-order valence-corrected chi connectivity index (χ2v) is 12.5. The van der Waals surface area contributed by atoms with E-state index in [0.29, 0.717) is 20.6 Å².